The third-order valence-corrected chi connectivity index (χ3v) is 4.38. The van der Waals surface area contributed by atoms with Crippen LogP contribution >= 0.6 is 0 Å². The fourth-order valence-electron chi connectivity index (χ4n) is 2.93. The van der Waals surface area contributed by atoms with Crippen LogP contribution in [0.2, 0.25) is 0 Å². The Morgan fingerprint density at radius 1 is 1.17 bits per heavy atom. The highest BCUT2D eigenvalue weighted by Gasteiger charge is 2.25. The summed E-state index contributed by atoms with van der Waals surface area (Å²) in [5.74, 6) is 0.908. The van der Waals surface area contributed by atoms with Gasteiger partial charge in [-0.25, -0.2) is 0 Å². The van der Waals surface area contributed by atoms with Crippen molar-refractivity contribution in [2.75, 3.05) is 19.7 Å². The number of hydrogen-bond donors (Lipinski definition) is 0. The Bertz CT molecular complexity index is 632. The molecule has 0 atom stereocenters. The van der Waals surface area contributed by atoms with Crippen molar-refractivity contribution in [3.8, 4) is 5.75 Å². The molecule has 0 N–H and O–H groups in total. The predicted molar refractivity (Wildman–Crippen MR) is 91.0 cm³/mol. The molecule has 0 radical (unpaired) electrons. The van der Waals surface area contributed by atoms with E-state index in [4.69, 9.17) is 4.74 Å². The zero-order valence-electron chi connectivity index (χ0n) is 14.1. The van der Waals surface area contributed by atoms with E-state index in [2.05, 4.69) is 17.1 Å². The molecule has 1 aliphatic heterocycles. The highest BCUT2D eigenvalue weighted by Crippen LogP contribution is 2.22. The van der Waals surface area contributed by atoms with Crippen LogP contribution in [-0.2, 0) is 0 Å². The van der Waals surface area contributed by atoms with Crippen LogP contribution in [0, 0.1) is 0 Å². The number of carbonyl (C=O) groups is 1. The van der Waals surface area contributed by atoms with Crippen molar-refractivity contribution in [1.82, 2.24) is 19.9 Å². The number of carbonyl (C=O) groups excluding carboxylic acids is 1. The van der Waals surface area contributed by atoms with Crippen molar-refractivity contribution in [2.45, 2.75) is 38.6 Å². The summed E-state index contributed by atoms with van der Waals surface area (Å²) in [5.41, 5.74) is 0.716. The highest BCUT2D eigenvalue weighted by atomic mass is 16.5. The molecular weight excluding hydrogens is 304 g/mol. The summed E-state index contributed by atoms with van der Waals surface area (Å²) in [7, 11) is 0. The summed E-state index contributed by atoms with van der Waals surface area (Å²) in [6, 6.07) is 7.75. The topological polar surface area (TPSA) is 60.2 Å². The van der Waals surface area contributed by atoms with Crippen molar-refractivity contribution in [2.24, 2.45) is 0 Å². The van der Waals surface area contributed by atoms with E-state index >= 15 is 0 Å². The number of likely N-dealkylation sites (tertiary alicyclic amines) is 1. The van der Waals surface area contributed by atoms with Crippen LogP contribution in [0.4, 0.5) is 0 Å². The molecule has 6 heteroatoms. The molecular formula is C18H24N4O2. The lowest BCUT2D eigenvalue weighted by atomic mass is 10.0. The Morgan fingerprint density at radius 3 is 2.46 bits per heavy atom. The minimum absolute atomic E-state index is 0.0852. The van der Waals surface area contributed by atoms with Crippen LogP contribution in [-0.4, -0.2) is 45.5 Å². The van der Waals surface area contributed by atoms with Gasteiger partial charge in [0, 0.05) is 18.7 Å². The first-order chi connectivity index (χ1) is 11.8. The normalized spacial score (nSPS) is 15.5. The predicted octanol–water partition coefficient (Wildman–Crippen LogP) is 2.93. The number of amides is 1. The summed E-state index contributed by atoms with van der Waals surface area (Å²) in [5, 5.41) is 8.39. The fourth-order valence-corrected chi connectivity index (χ4v) is 2.93. The summed E-state index contributed by atoms with van der Waals surface area (Å²) in [4.78, 5) is 16.3. The van der Waals surface area contributed by atoms with Crippen LogP contribution < -0.4 is 4.74 Å². The maximum Gasteiger partial charge on any atom is 0.253 e. The third kappa shape index (κ3) is 3.93. The molecule has 0 bridgehead atoms. The molecule has 1 fully saturated rings. The Balaban J connectivity index is 1.53. The van der Waals surface area contributed by atoms with Crippen molar-refractivity contribution in [1.29, 1.82) is 0 Å². The molecule has 1 aliphatic rings. The maximum atomic E-state index is 12.6. The van der Waals surface area contributed by atoms with Crippen LogP contribution in [0.5, 0.6) is 5.75 Å². The smallest absolute Gasteiger partial charge is 0.253 e. The van der Waals surface area contributed by atoms with Gasteiger partial charge in [0.2, 0.25) is 0 Å². The van der Waals surface area contributed by atoms with Crippen molar-refractivity contribution in [3.05, 3.63) is 42.2 Å². The first-order valence-electron chi connectivity index (χ1n) is 8.66. The van der Waals surface area contributed by atoms with Crippen LogP contribution in [0.25, 0.3) is 0 Å². The second-order valence-corrected chi connectivity index (χ2v) is 6.10. The van der Waals surface area contributed by atoms with Crippen molar-refractivity contribution in [3.63, 3.8) is 0 Å². The Labute approximate surface area is 142 Å². The molecule has 1 amide bonds. The number of unbranched alkanes of at least 4 members (excludes halogenated alkanes) is 1. The SMILES string of the molecule is CCCCOc1ccc(C(=O)N2CCC(n3nccn3)CC2)cc1. The molecule has 1 saturated heterocycles. The molecule has 0 spiro atoms. The number of nitrogens with zero attached hydrogens (tertiary/aromatic N) is 4. The monoisotopic (exact) mass is 328 g/mol. The van der Waals surface area contributed by atoms with E-state index < -0.39 is 0 Å². The summed E-state index contributed by atoms with van der Waals surface area (Å²) < 4.78 is 5.64. The molecule has 1 aromatic heterocycles. The van der Waals surface area contributed by atoms with Gasteiger partial charge in [-0.3, -0.25) is 4.79 Å². The molecule has 0 aliphatic carbocycles. The van der Waals surface area contributed by atoms with E-state index in [1.54, 1.807) is 17.2 Å². The van der Waals surface area contributed by atoms with Gasteiger partial charge in [-0.1, -0.05) is 13.3 Å². The summed E-state index contributed by atoms with van der Waals surface area (Å²) >= 11 is 0. The minimum atomic E-state index is 0.0852. The zero-order valence-corrected chi connectivity index (χ0v) is 14.1. The standard InChI is InChI=1S/C18H24N4O2/c1-2-3-14-24-17-6-4-15(5-7-17)18(23)21-12-8-16(9-13-21)22-19-10-11-20-22/h4-7,10-11,16H,2-3,8-9,12-14H2,1H3. The average molecular weight is 328 g/mol. The van der Waals surface area contributed by atoms with E-state index in [1.807, 2.05) is 29.2 Å². The van der Waals surface area contributed by atoms with Gasteiger partial charge in [-0.2, -0.15) is 15.0 Å². The van der Waals surface area contributed by atoms with Gasteiger partial charge < -0.3 is 9.64 Å². The molecule has 24 heavy (non-hydrogen) atoms. The zero-order chi connectivity index (χ0) is 16.8. The van der Waals surface area contributed by atoms with Gasteiger partial charge in [-0.15, -0.1) is 0 Å². The maximum absolute atomic E-state index is 12.6. The van der Waals surface area contributed by atoms with Gasteiger partial charge in [0.25, 0.3) is 5.91 Å². The molecule has 0 saturated carbocycles. The minimum Gasteiger partial charge on any atom is -0.494 e. The average Bonchev–Trinajstić information content (AvgIpc) is 3.17. The van der Waals surface area contributed by atoms with Gasteiger partial charge in [0.05, 0.1) is 25.0 Å². The van der Waals surface area contributed by atoms with Gasteiger partial charge in [0.15, 0.2) is 0 Å². The molecule has 2 heterocycles. The number of aromatic nitrogens is 3. The van der Waals surface area contributed by atoms with Crippen molar-refractivity contribution < 1.29 is 9.53 Å². The van der Waals surface area contributed by atoms with Crippen LogP contribution in [0.15, 0.2) is 36.7 Å². The van der Waals surface area contributed by atoms with Gasteiger partial charge in [-0.05, 0) is 43.5 Å². The molecule has 3 rings (SSSR count). The highest BCUT2D eigenvalue weighted by molar-refractivity contribution is 5.94. The molecule has 0 unspecified atom stereocenters. The lowest BCUT2D eigenvalue weighted by molar-refractivity contribution is 0.0683. The molecule has 2 aromatic rings. The van der Waals surface area contributed by atoms with E-state index in [-0.39, 0.29) is 5.91 Å². The van der Waals surface area contributed by atoms with Crippen LogP contribution in [0.3, 0.4) is 0 Å². The van der Waals surface area contributed by atoms with E-state index in [0.29, 0.717) is 11.6 Å². The molecule has 1 aromatic carbocycles. The first-order valence-corrected chi connectivity index (χ1v) is 8.66. The van der Waals surface area contributed by atoms with E-state index in [1.165, 1.54) is 0 Å². The Morgan fingerprint density at radius 2 is 1.83 bits per heavy atom. The van der Waals surface area contributed by atoms with Gasteiger partial charge in [0.1, 0.15) is 5.75 Å². The summed E-state index contributed by atoms with van der Waals surface area (Å²) in [6.45, 7) is 4.33. The second kappa shape index (κ2) is 7.95. The first kappa shape index (κ1) is 16.5. The summed E-state index contributed by atoms with van der Waals surface area (Å²) in [6.07, 6.45) is 7.32. The quantitative estimate of drug-likeness (QED) is 0.765. The Kier molecular flexibility index (Phi) is 5.46. The van der Waals surface area contributed by atoms with Crippen LogP contribution in [0.1, 0.15) is 49.0 Å². The van der Waals surface area contributed by atoms with Crippen molar-refractivity contribution >= 4 is 5.91 Å². The molecule has 6 nitrogen and oxygen atoms in total. The largest absolute Gasteiger partial charge is 0.494 e. The number of benzene rings is 1. The van der Waals surface area contributed by atoms with E-state index in [9.17, 15) is 4.79 Å². The number of ether oxygens (including phenoxy) is 1. The lowest BCUT2D eigenvalue weighted by Crippen LogP contribution is -2.39. The molecule has 128 valence electrons. The number of hydrogen-bond acceptors (Lipinski definition) is 4. The van der Waals surface area contributed by atoms with E-state index in [0.717, 1.165) is 51.1 Å². The number of rotatable bonds is 6. The second-order valence-electron chi connectivity index (χ2n) is 6.10. The van der Waals surface area contributed by atoms with Gasteiger partial charge >= 0.3 is 0 Å². The Hall–Kier alpha value is -2.37. The number of piperidine rings is 1. The third-order valence-electron chi connectivity index (χ3n) is 4.38. The fraction of sp³-hybridized carbons (Fsp3) is 0.500. The lowest BCUT2D eigenvalue weighted by Gasteiger charge is -2.31.